The maximum atomic E-state index is 11.3. The summed E-state index contributed by atoms with van der Waals surface area (Å²) in [7, 11) is 0. The van der Waals surface area contributed by atoms with Crippen molar-refractivity contribution in [2.75, 3.05) is 13.2 Å². The highest BCUT2D eigenvalue weighted by atomic mass is 16.5. The van der Waals surface area contributed by atoms with Crippen LogP contribution in [0.2, 0.25) is 0 Å². The number of aryl methyl sites for hydroxylation is 1. The van der Waals surface area contributed by atoms with Crippen molar-refractivity contribution in [2.24, 2.45) is 5.84 Å². The van der Waals surface area contributed by atoms with Gasteiger partial charge in [-0.1, -0.05) is 0 Å². The number of hydrazine groups is 1. The second-order valence-electron chi connectivity index (χ2n) is 4.87. The standard InChI is InChI=1S/C14H21N3O3/c15-17-14(18)13-4-3-12(20-13)10-19-9-1-2-11-5-7-16-8-6-11/h5-8,12-13H,1-4,9-10,15H2,(H,17,18). The van der Waals surface area contributed by atoms with Crippen LogP contribution in [-0.4, -0.2) is 36.3 Å². The van der Waals surface area contributed by atoms with Gasteiger partial charge in [-0.15, -0.1) is 0 Å². The Morgan fingerprint density at radius 3 is 3.00 bits per heavy atom. The van der Waals surface area contributed by atoms with Crippen LogP contribution in [0.4, 0.5) is 0 Å². The van der Waals surface area contributed by atoms with Crippen molar-refractivity contribution in [2.45, 2.75) is 37.9 Å². The third-order valence-electron chi connectivity index (χ3n) is 3.35. The fraction of sp³-hybridized carbons (Fsp3) is 0.571. The smallest absolute Gasteiger partial charge is 0.263 e. The fourth-order valence-corrected chi connectivity index (χ4v) is 2.26. The van der Waals surface area contributed by atoms with Gasteiger partial charge >= 0.3 is 0 Å². The zero-order valence-corrected chi connectivity index (χ0v) is 11.5. The molecule has 1 fully saturated rings. The van der Waals surface area contributed by atoms with Crippen molar-refractivity contribution >= 4 is 5.91 Å². The lowest BCUT2D eigenvalue weighted by atomic mass is 10.1. The van der Waals surface area contributed by atoms with Gasteiger partial charge < -0.3 is 9.47 Å². The number of nitrogens with one attached hydrogen (secondary N) is 1. The van der Waals surface area contributed by atoms with Crippen LogP contribution < -0.4 is 11.3 Å². The number of hydrogen-bond acceptors (Lipinski definition) is 5. The summed E-state index contributed by atoms with van der Waals surface area (Å²) in [5.41, 5.74) is 3.38. The van der Waals surface area contributed by atoms with Crippen LogP contribution in [0.15, 0.2) is 24.5 Å². The number of carbonyl (C=O) groups is 1. The fourth-order valence-electron chi connectivity index (χ4n) is 2.26. The van der Waals surface area contributed by atoms with E-state index in [2.05, 4.69) is 10.4 Å². The van der Waals surface area contributed by atoms with E-state index in [-0.39, 0.29) is 12.0 Å². The van der Waals surface area contributed by atoms with E-state index in [1.165, 1.54) is 5.56 Å². The summed E-state index contributed by atoms with van der Waals surface area (Å²) in [5, 5.41) is 0. The summed E-state index contributed by atoms with van der Waals surface area (Å²) in [4.78, 5) is 15.3. The predicted molar refractivity (Wildman–Crippen MR) is 73.6 cm³/mol. The number of aromatic nitrogens is 1. The minimum absolute atomic E-state index is 0.00164. The molecule has 0 spiro atoms. The molecule has 1 aliphatic heterocycles. The van der Waals surface area contributed by atoms with E-state index >= 15 is 0 Å². The average molecular weight is 279 g/mol. The molecule has 0 radical (unpaired) electrons. The molecule has 1 aromatic heterocycles. The first-order valence-corrected chi connectivity index (χ1v) is 6.92. The molecule has 20 heavy (non-hydrogen) atoms. The lowest BCUT2D eigenvalue weighted by molar-refractivity contribution is -0.133. The summed E-state index contributed by atoms with van der Waals surface area (Å²) in [6.07, 6.45) is 6.64. The molecule has 2 unspecified atom stereocenters. The van der Waals surface area contributed by atoms with Crippen molar-refractivity contribution in [1.82, 2.24) is 10.4 Å². The summed E-state index contributed by atoms with van der Waals surface area (Å²) in [5.74, 6) is 4.82. The molecule has 0 bridgehead atoms. The third-order valence-corrected chi connectivity index (χ3v) is 3.35. The minimum atomic E-state index is -0.426. The van der Waals surface area contributed by atoms with Gasteiger partial charge in [0.2, 0.25) is 0 Å². The molecule has 0 aliphatic carbocycles. The number of carbonyl (C=O) groups excluding carboxylic acids is 1. The van der Waals surface area contributed by atoms with Gasteiger partial charge in [-0.3, -0.25) is 15.2 Å². The Hall–Kier alpha value is -1.50. The molecule has 3 N–H and O–H groups in total. The third kappa shape index (κ3) is 4.56. The summed E-state index contributed by atoms with van der Waals surface area (Å²) >= 11 is 0. The van der Waals surface area contributed by atoms with E-state index in [4.69, 9.17) is 15.3 Å². The number of ether oxygens (including phenoxy) is 2. The van der Waals surface area contributed by atoms with Crippen molar-refractivity contribution in [3.05, 3.63) is 30.1 Å². The van der Waals surface area contributed by atoms with Crippen LogP contribution in [-0.2, 0) is 20.7 Å². The molecule has 0 saturated carbocycles. The molecule has 1 aliphatic rings. The Morgan fingerprint density at radius 2 is 2.25 bits per heavy atom. The second-order valence-corrected chi connectivity index (χ2v) is 4.87. The quantitative estimate of drug-likeness (QED) is 0.330. The predicted octanol–water partition coefficient (Wildman–Crippen LogP) is 0.568. The Kier molecular flexibility index (Phi) is 5.91. The topological polar surface area (TPSA) is 86.5 Å². The number of nitrogens with two attached hydrogens (primary N) is 1. The minimum Gasteiger partial charge on any atom is -0.379 e. The van der Waals surface area contributed by atoms with Gasteiger partial charge in [-0.05, 0) is 43.4 Å². The molecule has 2 rings (SSSR count). The monoisotopic (exact) mass is 279 g/mol. The zero-order valence-electron chi connectivity index (χ0n) is 11.5. The van der Waals surface area contributed by atoms with Gasteiger partial charge in [-0.2, -0.15) is 0 Å². The summed E-state index contributed by atoms with van der Waals surface area (Å²) in [6.45, 7) is 1.22. The van der Waals surface area contributed by atoms with Crippen LogP contribution in [0.25, 0.3) is 0 Å². The van der Waals surface area contributed by atoms with E-state index in [0.717, 1.165) is 19.3 Å². The molecule has 110 valence electrons. The maximum Gasteiger partial charge on any atom is 0.263 e. The number of pyridine rings is 1. The molecule has 2 heterocycles. The first-order valence-electron chi connectivity index (χ1n) is 6.92. The van der Waals surface area contributed by atoms with Crippen molar-refractivity contribution in [3.8, 4) is 0 Å². The molecular formula is C14H21N3O3. The van der Waals surface area contributed by atoms with Crippen molar-refractivity contribution < 1.29 is 14.3 Å². The SMILES string of the molecule is NNC(=O)C1CCC(COCCCc2ccncc2)O1. The highest BCUT2D eigenvalue weighted by molar-refractivity contribution is 5.80. The maximum absolute atomic E-state index is 11.3. The van der Waals surface area contributed by atoms with E-state index in [1.807, 2.05) is 12.1 Å². The molecule has 6 heteroatoms. The Labute approximate surface area is 118 Å². The van der Waals surface area contributed by atoms with Crippen molar-refractivity contribution in [3.63, 3.8) is 0 Å². The van der Waals surface area contributed by atoms with Crippen LogP contribution in [0, 0.1) is 0 Å². The average Bonchev–Trinajstić information content (AvgIpc) is 2.96. The molecule has 1 amide bonds. The van der Waals surface area contributed by atoms with E-state index in [9.17, 15) is 4.79 Å². The van der Waals surface area contributed by atoms with Crippen LogP contribution >= 0.6 is 0 Å². The van der Waals surface area contributed by atoms with E-state index < -0.39 is 6.10 Å². The number of amides is 1. The molecule has 1 aromatic rings. The van der Waals surface area contributed by atoms with Gasteiger partial charge in [0, 0.05) is 19.0 Å². The van der Waals surface area contributed by atoms with Gasteiger partial charge in [0.1, 0.15) is 6.10 Å². The van der Waals surface area contributed by atoms with E-state index in [0.29, 0.717) is 19.6 Å². The highest BCUT2D eigenvalue weighted by Crippen LogP contribution is 2.19. The normalized spacial score (nSPS) is 21.9. The highest BCUT2D eigenvalue weighted by Gasteiger charge is 2.30. The number of rotatable bonds is 7. The Bertz CT molecular complexity index is 413. The largest absolute Gasteiger partial charge is 0.379 e. The number of hydrogen-bond donors (Lipinski definition) is 2. The molecular weight excluding hydrogens is 258 g/mol. The summed E-state index contributed by atoms with van der Waals surface area (Å²) in [6, 6.07) is 4.02. The van der Waals surface area contributed by atoms with E-state index in [1.54, 1.807) is 12.4 Å². The van der Waals surface area contributed by atoms with Crippen LogP contribution in [0.3, 0.4) is 0 Å². The second kappa shape index (κ2) is 7.94. The molecule has 0 aromatic carbocycles. The van der Waals surface area contributed by atoms with Gasteiger partial charge in [-0.25, -0.2) is 5.84 Å². The van der Waals surface area contributed by atoms with Crippen molar-refractivity contribution in [1.29, 1.82) is 0 Å². The van der Waals surface area contributed by atoms with Crippen LogP contribution in [0.1, 0.15) is 24.8 Å². The molecule has 2 atom stereocenters. The molecule has 1 saturated heterocycles. The lowest BCUT2D eigenvalue weighted by Crippen LogP contribution is -2.39. The van der Waals surface area contributed by atoms with Crippen LogP contribution in [0.5, 0.6) is 0 Å². The number of nitrogens with zero attached hydrogens (tertiary/aromatic N) is 1. The molecule has 6 nitrogen and oxygen atoms in total. The van der Waals surface area contributed by atoms with Gasteiger partial charge in [0.15, 0.2) is 0 Å². The first kappa shape index (κ1) is 14.9. The Morgan fingerprint density at radius 1 is 1.45 bits per heavy atom. The Balaban J connectivity index is 1.55. The van der Waals surface area contributed by atoms with Gasteiger partial charge in [0.25, 0.3) is 5.91 Å². The zero-order chi connectivity index (χ0) is 14.2. The van der Waals surface area contributed by atoms with Gasteiger partial charge in [0.05, 0.1) is 12.7 Å². The summed E-state index contributed by atoms with van der Waals surface area (Å²) < 4.78 is 11.2. The first-order chi connectivity index (χ1) is 9.79. The lowest BCUT2D eigenvalue weighted by Gasteiger charge is -2.12.